The van der Waals surface area contributed by atoms with Gasteiger partial charge in [-0.15, -0.1) is 0 Å². The van der Waals surface area contributed by atoms with E-state index < -0.39 is 21.2 Å². The van der Waals surface area contributed by atoms with Gasteiger partial charge < -0.3 is 4.74 Å². The fourth-order valence-corrected chi connectivity index (χ4v) is 5.01. The average molecular weight is 556 g/mol. The molecule has 3 aromatic carbocycles. The number of fused-ring (bicyclic) bond motifs is 1. The van der Waals surface area contributed by atoms with Crippen LogP contribution in [0.4, 0.5) is 11.4 Å². The largest absolute Gasteiger partial charge is 0.493 e. The summed E-state index contributed by atoms with van der Waals surface area (Å²) in [6, 6.07) is 9.73. The van der Waals surface area contributed by atoms with Gasteiger partial charge in [-0.1, -0.05) is 51.2 Å². The number of hydrogen-bond acceptors (Lipinski definition) is 6. The fourth-order valence-electron chi connectivity index (χ4n) is 4.42. The standard InChI is InChI=1S/C27H28BrN2O6/c1-3-5-6-7-8-9-11-18-14-22-21(23(17-31)25(30(34)35)16-24(22)29(32)33)15-20(18)19-12-10-13-26(27(19)28)36-4-2/h10,12-16H,3-9,11H2,1-2H3. The normalized spacial score (nSPS) is 11.0. The molecule has 8 nitrogen and oxygen atoms in total. The Hall–Kier alpha value is -3.33. The van der Waals surface area contributed by atoms with Gasteiger partial charge in [-0.25, -0.2) is 0 Å². The van der Waals surface area contributed by atoms with Crippen LogP contribution in [0.5, 0.6) is 5.75 Å². The maximum absolute atomic E-state index is 11.8. The summed E-state index contributed by atoms with van der Waals surface area (Å²) in [5, 5.41) is 23.8. The number of halogens is 1. The molecule has 9 heteroatoms. The second-order valence-corrected chi connectivity index (χ2v) is 9.32. The SMILES string of the molecule is CCCCCCCCc1cc2c([N+](=O)[O-])cc([N+](=O)[O-])c([C]=O)c2cc1-c1cccc(OCC)c1Br. The maximum Gasteiger partial charge on any atom is 0.288 e. The Labute approximate surface area is 218 Å². The number of carbonyl (C=O) groups excluding carboxylic acids is 1. The lowest BCUT2D eigenvalue weighted by Crippen LogP contribution is -2.02. The molecule has 0 saturated heterocycles. The molecule has 0 aliphatic heterocycles. The second kappa shape index (κ2) is 12.6. The number of non-ortho nitro benzene ring substituents is 1. The van der Waals surface area contributed by atoms with E-state index in [4.69, 9.17) is 4.74 Å². The van der Waals surface area contributed by atoms with Crippen molar-refractivity contribution in [1.82, 2.24) is 0 Å². The molecule has 0 saturated carbocycles. The molecule has 3 aromatic rings. The van der Waals surface area contributed by atoms with Crippen molar-refractivity contribution in [2.75, 3.05) is 6.61 Å². The quantitative estimate of drug-likeness (QED) is 0.120. The van der Waals surface area contributed by atoms with Crippen molar-refractivity contribution >= 4 is 44.4 Å². The average Bonchev–Trinajstić information content (AvgIpc) is 2.85. The van der Waals surface area contributed by atoms with Crippen LogP contribution >= 0.6 is 15.9 Å². The first-order valence-electron chi connectivity index (χ1n) is 12.1. The molecule has 0 atom stereocenters. The zero-order valence-electron chi connectivity index (χ0n) is 20.3. The molecule has 189 valence electrons. The van der Waals surface area contributed by atoms with Gasteiger partial charge in [-0.05, 0) is 70.6 Å². The van der Waals surface area contributed by atoms with E-state index in [-0.39, 0.29) is 16.3 Å². The molecule has 0 aliphatic rings. The molecular formula is C27H28BrN2O6. The van der Waals surface area contributed by atoms with Crippen molar-refractivity contribution in [2.45, 2.75) is 58.8 Å². The van der Waals surface area contributed by atoms with Crippen LogP contribution in [0.3, 0.4) is 0 Å². The third kappa shape index (κ3) is 5.90. The van der Waals surface area contributed by atoms with Gasteiger partial charge in [0.2, 0.25) is 6.29 Å². The van der Waals surface area contributed by atoms with Gasteiger partial charge in [0.15, 0.2) is 0 Å². The lowest BCUT2D eigenvalue weighted by atomic mass is 9.90. The summed E-state index contributed by atoms with van der Waals surface area (Å²) in [7, 11) is 0. The molecule has 0 aromatic heterocycles. The first-order chi connectivity index (χ1) is 17.3. The van der Waals surface area contributed by atoms with E-state index in [2.05, 4.69) is 22.9 Å². The van der Waals surface area contributed by atoms with Crippen LogP contribution in [0.25, 0.3) is 21.9 Å². The van der Waals surface area contributed by atoms with E-state index in [1.807, 2.05) is 25.1 Å². The molecule has 0 fully saturated rings. The molecule has 0 bridgehead atoms. The van der Waals surface area contributed by atoms with E-state index in [9.17, 15) is 25.0 Å². The Kier molecular flexibility index (Phi) is 9.52. The Balaban J connectivity index is 2.26. The zero-order valence-corrected chi connectivity index (χ0v) is 21.9. The molecule has 36 heavy (non-hydrogen) atoms. The Morgan fingerprint density at radius 1 is 0.889 bits per heavy atom. The van der Waals surface area contributed by atoms with E-state index in [1.54, 1.807) is 18.4 Å². The van der Waals surface area contributed by atoms with Gasteiger partial charge in [-0.3, -0.25) is 25.0 Å². The molecule has 0 amide bonds. The second-order valence-electron chi connectivity index (χ2n) is 8.53. The minimum Gasteiger partial charge on any atom is -0.493 e. The van der Waals surface area contributed by atoms with E-state index in [0.29, 0.717) is 23.2 Å². The molecule has 0 spiro atoms. The Morgan fingerprint density at radius 3 is 2.22 bits per heavy atom. The topological polar surface area (TPSA) is 113 Å². The predicted octanol–water partition coefficient (Wildman–Crippen LogP) is 7.85. The molecule has 0 N–H and O–H groups in total. The highest BCUT2D eigenvalue weighted by molar-refractivity contribution is 9.10. The first-order valence-corrected chi connectivity index (χ1v) is 12.9. The van der Waals surface area contributed by atoms with Gasteiger partial charge in [-0.2, -0.15) is 0 Å². The number of nitro groups is 2. The number of aryl methyl sites for hydroxylation is 1. The summed E-state index contributed by atoms with van der Waals surface area (Å²) in [6.07, 6.45) is 8.84. The van der Waals surface area contributed by atoms with Gasteiger partial charge >= 0.3 is 0 Å². The molecule has 0 unspecified atom stereocenters. The van der Waals surface area contributed by atoms with Gasteiger partial charge in [0.1, 0.15) is 11.3 Å². The van der Waals surface area contributed by atoms with Crippen molar-refractivity contribution in [1.29, 1.82) is 0 Å². The van der Waals surface area contributed by atoms with Crippen molar-refractivity contribution in [3.63, 3.8) is 0 Å². The monoisotopic (exact) mass is 555 g/mol. The van der Waals surface area contributed by atoms with Crippen molar-refractivity contribution in [2.24, 2.45) is 0 Å². The van der Waals surface area contributed by atoms with Gasteiger partial charge in [0.05, 0.1) is 32.4 Å². The number of unbranched alkanes of at least 4 members (excludes halogenated alkanes) is 5. The number of nitrogens with zero attached hydrogens (tertiary/aromatic N) is 2. The highest BCUT2D eigenvalue weighted by Gasteiger charge is 2.27. The predicted molar refractivity (Wildman–Crippen MR) is 143 cm³/mol. The number of rotatable bonds is 13. The minimum atomic E-state index is -0.789. The third-order valence-electron chi connectivity index (χ3n) is 6.17. The van der Waals surface area contributed by atoms with Crippen molar-refractivity contribution in [3.8, 4) is 16.9 Å². The lowest BCUT2D eigenvalue weighted by Gasteiger charge is -2.16. The number of nitro benzene ring substituents is 2. The van der Waals surface area contributed by atoms with Crippen LogP contribution in [-0.4, -0.2) is 22.7 Å². The summed E-state index contributed by atoms with van der Waals surface area (Å²) in [6.45, 7) is 4.51. The van der Waals surface area contributed by atoms with E-state index in [0.717, 1.165) is 54.9 Å². The van der Waals surface area contributed by atoms with Crippen LogP contribution in [0.2, 0.25) is 0 Å². The summed E-state index contributed by atoms with van der Waals surface area (Å²) in [4.78, 5) is 33.9. The molecular weight excluding hydrogens is 528 g/mol. The third-order valence-corrected chi connectivity index (χ3v) is 6.98. The first kappa shape index (κ1) is 27.3. The maximum atomic E-state index is 11.8. The summed E-state index contributed by atoms with van der Waals surface area (Å²) < 4.78 is 6.42. The summed E-state index contributed by atoms with van der Waals surface area (Å²) in [5.74, 6) is 0.632. The summed E-state index contributed by atoms with van der Waals surface area (Å²) in [5.41, 5.74) is 1.02. The van der Waals surface area contributed by atoms with Crippen LogP contribution in [0.15, 0.2) is 40.9 Å². The van der Waals surface area contributed by atoms with Gasteiger partial charge in [0.25, 0.3) is 11.4 Å². The Bertz CT molecular complexity index is 1290. The summed E-state index contributed by atoms with van der Waals surface area (Å²) >= 11 is 3.62. The zero-order chi connectivity index (χ0) is 26.2. The molecule has 3 rings (SSSR count). The smallest absolute Gasteiger partial charge is 0.288 e. The van der Waals surface area contributed by atoms with Crippen molar-refractivity contribution < 1.29 is 19.4 Å². The number of benzene rings is 3. The highest BCUT2D eigenvalue weighted by Crippen LogP contribution is 2.42. The molecule has 0 heterocycles. The van der Waals surface area contributed by atoms with Crippen LogP contribution in [0, 0.1) is 20.2 Å². The van der Waals surface area contributed by atoms with E-state index >= 15 is 0 Å². The lowest BCUT2D eigenvalue weighted by molar-refractivity contribution is -0.393. The molecule has 0 aliphatic carbocycles. The molecule has 1 radical (unpaired) electrons. The van der Waals surface area contributed by atoms with Crippen molar-refractivity contribution in [3.05, 3.63) is 72.2 Å². The van der Waals surface area contributed by atoms with Crippen LogP contribution in [-0.2, 0) is 11.2 Å². The van der Waals surface area contributed by atoms with Gasteiger partial charge in [0, 0.05) is 5.39 Å². The number of hydrogen-bond donors (Lipinski definition) is 0. The van der Waals surface area contributed by atoms with Crippen LogP contribution in [0.1, 0.15) is 63.5 Å². The van der Waals surface area contributed by atoms with Crippen LogP contribution < -0.4 is 4.74 Å². The van der Waals surface area contributed by atoms with E-state index in [1.165, 1.54) is 6.42 Å². The Morgan fingerprint density at radius 2 is 1.58 bits per heavy atom. The highest BCUT2D eigenvalue weighted by atomic mass is 79.9. The fraction of sp³-hybridized carbons (Fsp3) is 0.370. The number of ether oxygens (including phenoxy) is 1. The minimum absolute atomic E-state index is 0.126.